The number of ether oxygens (including phenoxy) is 1. The second kappa shape index (κ2) is 13.4. The van der Waals surface area contributed by atoms with Crippen molar-refractivity contribution < 1.29 is 4.74 Å². The van der Waals surface area contributed by atoms with Crippen LogP contribution < -0.4 is 15.4 Å². The van der Waals surface area contributed by atoms with E-state index in [9.17, 15) is 0 Å². The van der Waals surface area contributed by atoms with Crippen LogP contribution in [0.5, 0.6) is 5.75 Å². The number of hydrogen-bond acceptors (Lipinski definition) is 3. The highest BCUT2D eigenvalue weighted by molar-refractivity contribution is 14.0. The molecule has 0 bridgehead atoms. The summed E-state index contributed by atoms with van der Waals surface area (Å²) in [6.45, 7) is 10.3. The molecule has 0 amide bonds. The molecule has 7 heteroatoms. The first kappa shape index (κ1) is 23.3. The van der Waals surface area contributed by atoms with Crippen LogP contribution in [-0.4, -0.2) is 35.2 Å². The molecule has 27 heavy (non-hydrogen) atoms. The Morgan fingerprint density at radius 2 is 2.00 bits per heavy atom. The van der Waals surface area contributed by atoms with Gasteiger partial charge in [-0.1, -0.05) is 32.0 Å². The molecule has 0 radical (unpaired) electrons. The molecule has 6 nitrogen and oxygen atoms in total. The van der Waals surface area contributed by atoms with Gasteiger partial charge < -0.3 is 19.9 Å². The van der Waals surface area contributed by atoms with Crippen LogP contribution in [0.15, 0.2) is 47.7 Å². The molecule has 1 heterocycles. The Morgan fingerprint density at radius 3 is 2.70 bits per heavy atom. The summed E-state index contributed by atoms with van der Waals surface area (Å²) in [6, 6.07) is 9.88. The monoisotopic (exact) mass is 485 g/mol. The molecule has 0 saturated heterocycles. The highest BCUT2D eigenvalue weighted by Crippen LogP contribution is 2.08. The molecular weight excluding hydrogens is 453 g/mol. The molecule has 0 aliphatic carbocycles. The number of guanidine groups is 1. The number of hydrogen-bond donors (Lipinski definition) is 2. The van der Waals surface area contributed by atoms with Gasteiger partial charge in [-0.05, 0) is 31.4 Å². The van der Waals surface area contributed by atoms with Crippen LogP contribution in [0.25, 0.3) is 0 Å². The zero-order valence-corrected chi connectivity index (χ0v) is 18.8. The number of para-hydroxylation sites is 1. The Kier molecular flexibility index (Phi) is 11.6. The second-order valence-corrected chi connectivity index (χ2v) is 6.53. The van der Waals surface area contributed by atoms with Crippen LogP contribution in [0, 0.1) is 5.92 Å². The topological polar surface area (TPSA) is 63.5 Å². The summed E-state index contributed by atoms with van der Waals surface area (Å²) in [5, 5.41) is 6.63. The Hall–Kier alpha value is -1.77. The molecule has 0 saturated carbocycles. The van der Waals surface area contributed by atoms with Crippen molar-refractivity contribution in [3.05, 3.63) is 48.5 Å². The lowest BCUT2D eigenvalue weighted by atomic mass is 10.2. The first-order valence-corrected chi connectivity index (χ1v) is 9.39. The molecule has 2 aromatic rings. The summed E-state index contributed by atoms with van der Waals surface area (Å²) in [6.07, 6.45) is 4.77. The average molecular weight is 485 g/mol. The smallest absolute Gasteiger partial charge is 0.191 e. The van der Waals surface area contributed by atoms with Crippen molar-refractivity contribution in [3.63, 3.8) is 0 Å². The van der Waals surface area contributed by atoms with Crippen LogP contribution >= 0.6 is 24.0 Å². The molecule has 0 unspecified atom stereocenters. The number of halogens is 1. The molecule has 0 aliphatic heterocycles. The van der Waals surface area contributed by atoms with E-state index >= 15 is 0 Å². The normalized spacial score (nSPS) is 11.2. The highest BCUT2D eigenvalue weighted by Gasteiger charge is 2.05. The van der Waals surface area contributed by atoms with Gasteiger partial charge in [-0.25, -0.2) is 9.98 Å². The van der Waals surface area contributed by atoms with Crippen LogP contribution in [-0.2, 0) is 13.1 Å². The lowest BCUT2D eigenvalue weighted by molar-refractivity contribution is 0.311. The quantitative estimate of drug-likeness (QED) is 0.233. The summed E-state index contributed by atoms with van der Waals surface area (Å²) in [4.78, 5) is 9.07. The molecular formula is C20H32IN5O. The SMILES string of the molecule is CCNC(=NCc1nccn1CC(C)C)NCCCOc1ccccc1.I. The number of benzene rings is 1. The summed E-state index contributed by atoms with van der Waals surface area (Å²) in [7, 11) is 0. The zero-order valence-electron chi connectivity index (χ0n) is 16.5. The summed E-state index contributed by atoms with van der Waals surface area (Å²) >= 11 is 0. The maximum atomic E-state index is 5.71. The van der Waals surface area contributed by atoms with E-state index < -0.39 is 0 Å². The van der Waals surface area contributed by atoms with Crippen LogP contribution in [0.1, 0.15) is 33.0 Å². The van der Waals surface area contributed by atoms with Crippen molar-refractivity contribution >= 4 is 29.9 Å². The Bertz CT molecular complexity index is 657. The van der Waals surface area contributed by atoms with Crippen LogP contribution in [0.2, 0.25) is 0 Å². The third kappa shape index (κ3) is 9.12. The van der Waals surface area contributed by atoms with Crippen molar-refractivity contribution in [1.29, 1.82) is 0 Å². The number of imidazole rings is 1. The fourth-order valence-corrected chi connectivity index (χ4v) is 2.53. The van der Waals surface area contributed by atoms with E-state index in [0.29, 0.717) is 19.1 Å². The molecule has 1 aromatic carbocycles. The minimum absolute atomic E-state index is 0. The first-order chi connectivity index (χ1) is 12.7. The molecule has 0 aliphatic rings. The molecule has 0 spiro atoms. The van der Waals surface area contributed by atoms with Gasteiger partial charge in [-0.2, -0.15) is 0 Å². The van der Waals surface area contributed by atoms with Gasteiger partial charge in [0.05, 0.1) is 6.61 Å². The number of rotatable bonds is 10. The number of aliphatic imine (C=N–C) groups is 1. The van der Waals surface area contributed by atoms with Gasteiger partial charge in [0.15, 0.2) is 5.96 Å². The molecule has 2 N–H and O–H groups in total. The van der Waals surface area contributed by atoms with E-state index in [-0.39, 0.29) is 24.0 Å². The first-order valence-electron chi connectivity index (χ1n) is 9.39. The van der Waals surface area contributed by atoms with Gasteiger partial charge in [-0.15, -0.1) is 24.0 Å². The molecule has 0 fully saturated rings. The minimum atomic E-state index is 0. The predicted octanol–water partition coefficient (Wildman–Crippen LogP) is 3.68. The zero-order chi connectivity index (χ0) is 18.6. The van der Waals surface area contributed by atoms with Crippen molar-refractivity contribution in [1.82, 2.24) is 20.2 Å². The van der Waals surface area contributed by atoms with E-state index in [0.717, 1.165) is 43.6 Å². The van der Waals surface area contributed by atoms with Crippen LogP contribution in [0.3, 0.4) is 0 Å². The van der Waals surface area contributed by atoms with Gasteiger partial charge in [0, 0.05) is 32.0 Å². The molecule has 1 aromatic heterocycles. The Morgan fingerprint density at radius 1 is 1.22 bits per heavy atom. The molecule has 2 rings (SSSR count). The number of nitrogens with one attached hydrogen (secondary N) is 2. The minimum Gasteiger partial charge on any atom is -0.494 e. The lowest BCUT2D eigenvalue weighted by Crippen LogP contribution is -2.38. The maximum absolute atomic E-state index is 5.71. The van der Waals surface area contributed by atoms with E-state index in [1.54, 1.807) is 0 Å². The Balaban J connectivity index is 0.00000364. The van der Waals surface area contributed by atoms with Crippen molar-refractivity contribution in [3.8, 4) is 5.75 Å². The summed E-state index contributed by atoms with van der Waals surface area (Å²) in [5.41, 5.74) is 0. The van der Waals surface area contributed by atoms with Gasteiger partial charge in [0.1, 0.15) is 18.1 Å². The van der Waals surface area contributed by atoms with E-state index in [1.165, 1.54) is 0 Å². The fourth-order valence-electron chi connectivity index (χ4n) is 2.53. The average Bonchev–Trinajstić information content (AvgIpc) is 3.06. The van der Waals surface area contributed by atoms with Crippen molar-refractivity contribution in [2.75, 3.05) is 19.7 Å². The fraction of sp³-hybridized carbons (Fsp3) is 0.500. The third-order valence-electron chi connectivity index (χ3n) is 3.71. The van der Waals surface area contributed by atoms with Crippen molar-refractivity contribution in [2.24, 2.45) is 10.9 Å². The van der Waals surface area contributed by atoms with Gasteiger partial charge in [0.25, 0.3) is 0 Å². The molecule has 150 valence electrons. The van der Waals surface area contributed by atoms with E-state index in [4.69, 9.17) is 4.74 Å². The largest absolute Gasteiger partial charge is 0.494 e. The standard InChI is InChI=1S/C20H31N5O.HI/c1-4-21-20(23-11-8-14-26-18-9-6-5-7-10-18)24-15-19-22-12-13-25(19)16-17(2)3;/h5-7,9-10,12-13,17H,4,8,11,14-16H2,1-3H3,(H2,21,23,24);1H. The second-order valence-electron chi connectivity index (χ2n) is 6.53. The number of nitrogens with zero attached hydrogens (tertiary/aromatic N) is 3. The van der Waals surface area contributed by atoms with Crippen molar-refractivity contribution in [2.45, 2.75) is 40.3 Å². The summed E-state index contributed by atoms with van der Waals surface area (Å²) in [5.74, 6) is 3.29. The van der Waals surface area contributed by atoms with E-state index in [2.05, 4.69) is 45.9 Å². The predicted molar refractivity (Wildman–Crippen MR) is 122 cm³/mol. The molecule has 0 atom stereocenters. The van der Waals surface area contributed by atoms with Gasteiger partial charge >= 0.3 is 0 Å². The Labute approximate surface area is 179 Å². The highest BCUT2D eigenvalue weighted by atomic mass is 127. The van der Waals surface area contributed by atoms with Gasteiger partial charge in [-0.3, -0.25) is 0 Å². The maximum Gasteiger partial charge on any atom is 0.191 e. The summed E-state index contributed by atoms with van der Waals surface area (Å²) < 4.78 is 7.88. The van der Waals surface area contributed by atoms with Crippen LogP contribution in [0.4, 0.5) is 0 Å². The number of aromatic nitrogens is 2. The third-order valence-corrected chi connectivity index (χ3v) is 3.71. The van der Waals surface area contributed by atoms with Gasteiger partial charge in [0.2, 0.25) is 0 Å². The lowest BCUT2D eigenvalue weighted by Gasteiger charge is -2.13. The van der Waals surface area contributed by atoms with E-state index in [1.807, 2.05) is 42.7 Å².